The number of hydrogen-bond donors (Lipinski definition) is 3. The molecule has 0 radical (unpaired) electrons. The molecule has 4 fully saturated rings. The number of imide groups is 1. The molecule has 0 bridgehead atoms. The van der Waals surface area contributed by atoms with E-state index in [1.54, 1.807) is 17.7 Å². The average Bonchev–Trinajstić information content (AvgIpc) is 3.26. The van der Waals surface area contributed by atoms with Crippen molar-refractivity contribution in [3.8, 4) is 0 Å². The predicted molar refractivity (Wildman–Crippen MR) is 184 cm³/mol. The van der Waals surface area contributed by atoms with Crippen molar-refractivity contribution >= 4 is 11.8 Å². The summed E-state index contributed by atoms with van der Waals surface area (Å²) >= 11 is 0. The molecule has 4 aliphatic rings. The smallest absolute Gasteiger partial charge is 0.229 e. The number of nitrogens with one attached hydrogen (secondary N) is 3. The maximum atomic E-state index is 11.5. The molecule has 7 rings (SSSR count). The van der Waals surface area contributed by atoms with Crippen LogP contribution in [0.25, 0.3) is 0 Å². The number of carbonyl (C=O) groups is 2. The van der Waals surface area contributed by atoms with Crippen LogP contribution in [-0.4, -0.2) is 65.7 Å². The summed E-state index contributed by atoms with van der Waals surface area (Å²) in [6.07, 6.45) is -10.1. The highest BCUT2D eigenvalue weighted by Gasteiger charge is 2.25. The summed E-state index contributed by atoms with van der Waals surface area (Å²) in [6.45, 7) is -11.5. The maximum Gasteiger partial charge on any atom is 0.229 e. The zero-order valence-corrected chi connectivity index (χ0v) is 24.6. The Morgan fingerprint density at radius 2 is 1.24 bits per heavy atom. The average molecular weight is 643 g/mol. The zero-order chi connectivity index (χ0) is 55.0. The first kappa shape index (κ1) is 14.5. The van der Waals surface area contributed by atoms with E-state index in [4.69, 9.17) is 35.6 Å². The molecule has 1 aromatic carbocycles. The van der Waals surface area contributed by atoms with Crippen LogP contribution in [-0.2, 0) is 16.1 Å². The minimum Gasteiger partial charge on any atom is -0.317 e. The Balaban J connectivity index is 0.000000298. The second kappa shape index (κ2) is 28.0. The predicted octanol–water partition coefficient (Wildman–Crippen LogP) is 6.17. The van der Waals surface area contributed by atoms with Crippen LogP contribution in [0.1, 0.15) is 118 Å². The molecule has 2 aromatic heterocycles. The first-order valence-corrected chi connectivity index (χ1v) is 13.9. The van der Waals surface area contributed by atoms with Gasteiger partial charge in [0.2, 0.25) is 11.8 Å². The highest BCUT2D eigenvalue weighted by molar-refractivity contribution is 5.97. The minimum absolute atomic E-state index is 0.0462. The molecule has 0 aliphatic carbocycles. The molecule has 0 saturated carbocycles. The highest BCUT2D eigenvalue weighted by atomic mass is 16.2. The maximum absolute atomic E-state index is 11.5. The Morgan fingerprint density at radius 1 is 0.644 bits per heavy atom. The monoisotopic (exact) mass is 643 g/mol. The number of aromatic nitrogens is 2. The summed E-state index contributed by atoms with van der Waals surface area (Å²) in [5, 5.41) is 6.00. The van der Waals surface area contributed by atoms with Gasteiger partial charge in [0.05, 0.1) is 13.4 Å². The lowest BCUT2D eigenvalue weighted by atomic mass is 10.1. The van der Waals surface area contributed by atoms with Crippen LogP contribution in [0, 0.1) is 0 Å². The van der Waals surface area contributed by atoms with Crippen LogP contribution < -0.4 is 16.0 Å². The first-order chi connectivity index (χ1) is 32.1. The highest BCUT2D eigenvalue weighted by Crippen LogP contribution is 2.15. The molecule has 45 heavy (non-hydrogen) atoms. The second-order valence-corrected chi connectivity index (χ2v) is 8.46. The number of rotatable bonds is 2. The van der Waals surface area contributed by atoms with Gasteiger partial charge in [-0.25, -0.2) is 0 Å². The number of likely N-dealkylation sites (tertiary alicyclic amines) is 1. The summed E-state index contributed by atoms with van der Waals surface area (Å²) in [5.41, 5.74) is 1.00. The van der Waals surface area contributed by atoms with Gasteiger partial charge in [0.25, 0.3) is 0 Å². The van der Waals surface area contributed by atoms with Gasteiger partial charge in [-0.15, -0.1) is 0 Å². The van der Waals surface area contributed by atoms with E-state index in [1.807, 2.05) is 48.5 Å². The minimum atomic E-state index is -3.31. The molecule has 3 N–H and O–H groups in total. The summed E-state index contributed by atoms with van der Waals surface area (Å²) < 4.78 is 188. The van der Waals surface area contributed by atoms with Gasteiger partial charge >= 0.3 is 0 Å². The van der Waals surface area contributed by atoms with E-state index in [2.05, 4.69) is 20.6 Å². The molecule has 2 amide bonds. The van der Waals surface area contributed by atoms with Crippen LogP contribution in [0.15, 0.2) is 91.4 Å². The number of piperidine rings is 4. The van der Waals surface area contributed by atoms with E-state index in [9.17, 15) is 9.59 Å². The molecule has 4 saturated heterocycles. The van der Waals surface area contributed by atoms with Crippen molar-refractivity contribution in [2.24, 2.45) is 0 Å². The SMILES string of the molecule is O=C1CCCC(=O)N1Cc1ccccc1.[2H]C1([2H])CCCC([2H])([2H])N1.[2H]C1([2H])NC([2H])([2H])C([2H])([2H])C([2H])([2H])C1([2H])[2H].[2H]C1NC([2H])C([2H])([2H])C([2H])C1([2H])[2H].[2H]c1nc([2H])c([2H])c([2H])c1[2H].c1ccncc1. The molecule has 8 nitrogen and oxygen atoms in total. The van der Waals surface area contributed by atoms with Crippen molar-refractivity contribution in [2.75, 3.05) is 39.0 Å². The van der Waals surface area contributed by atoms with Gasteiger partial charge in [0.15, 0.2) is 0 Å². The molecule has 8 heteroatoms. The third-order valence-corrected chi connectivity index (χ3v) is 5.14. The molecule has 2 atom stereocenters. The fraction of sp³-hybridized carbons (Fsp3) is 0.514. The van der Waals surface area contributed by atoms with Gasteiger partial charge in [-0.05, 0) is 114 Å². The van der Waals surface area contributed by atoms with Gasteiger partial charge in [-0.3, -0.25) is 24.5 Å². The summed E-state index contributed by atoms with van der Waals surface area (Å²) in [6, 6.07) is 14.1. The van der Waals surface area contributed by atoms with Crippen LogP contribution in [0.2, 0.25) is 0 Å². The van der Waals surface area contributed by atoms with Crippen LogP contribution in [0.3, 0.4) is 0 Å². The number of pyridine rings is 2. The second-order valence-electron chi connectivity index (χ2n) is 8.46. The van der Waals surface area contributed by atoms with Crippen LogP contribution in [0.4, 0.5) is 0 Å². The van der Waals surface area contributed by atoms with Crippen molar-refractivity contribution in [3.05, 3.63) is 97.0 Å². The molecule has 3 aromatic rings. The quantitative estimate of drug-likeness (QED) is 0.288. The van der Waals surface area contributed by atoms with Crippen molar-refractivity contribution in [2.45, 2.75) is 83.3 Å². The van der Waals surface area contributed by atoms with Gasteiger partial charge < -0.3 is 16.0 Å². The number of amides is 2. The van der Waals surface area contributed by atoms with Crippen molar-refractivity contribution in [1.29, 1.82) is 0 Å². The Bertz CT molecular complexity index is 2080. The van der Waals surface area contributed by atoms with E-state index in [-0.39, 0.29) is 11.8 Å². The van der Waals surface area contributed by atoms with E-state index in [1.165, 1.54) is 4.90 Å². The standard InChI is InChI=1S/C12H13NO2.3C5H11N.2C5H5N/c14-11-7-4-8-12(15)13(11)9-10-5-2-1-3-6-10;5*1-2-4-6-5-3-1/h1-3,5-6H,4,7-9H2;3*6H,1-5H2;2*1-5H/i;1D2,2D2,3D2,4D2,5D2;1D,2D2,3D2,4D,5D;4D2,5D2;1D,2D,3D,4D,5D;. The van der Waals surface area contributed by atoms with Gasteiger partial charge in [0, 0.05) is 66.4 Å². The van der Waals surface area contributed by atoms with E-state index in [0.717, 1.165) is 5.56 Å². The molecular formula is C37H56N6O2. The third-order valence-electron chi connectivity index (χ3n) is 5.14. The Labute approximate surface area is 308 Å². The number of nitrogens with zero attached hydrogens (tertiary/aromatic N) is 3. The van der Waals surface area contributed by atoms with Gasteiger partial charge in [0.1, 0.15) is 0 Å². The van der Waals surface area contributed by atoms with E-state index >= 15 is 0 Å². The van der Waals surface area contributed by atoms with Gasteiger partial charge in [-0.1, -0.05) is 61.6 Å². The van der Waals surface area contributed by atoms with E-state index in [0.29, 0.717) is 45.1 Å². The third kappa shape index (κ3) is 21.8. The van der Waals surface area contributed by atoms with Crippen molar-refractivity contribution < 1.29 is 45.2 Å². The van der Waals surface area contributed by atoms with Gasteiger partial charge in [-0.2, -0.15) is 0 Å². The normalized spacial score (nSPS) is 40.8. The van der Waals surface area contributed by atoms with Crippen molar-refractivity contribution in [3.63, 3.8) is 0 Å². The number of carbonyl (C=O) groups excluding carboxylic acids is 2. The number of benzene rings is 1. The topological polar surface area (TPSA) is 99.2 Å². The lowest BCUT2D eigenvalue weighted by molar-refractivity contribution is -0.148. The molecule has 0 spiro atoms. The number of hydrogen-bond acceptors (Lipinski definition) is 7. The summed E-state index contributed by atoms with van der Waals surface area (Å²) in [7, 11) is 0. The van der Waals surface area contributed by atoms with E-state index < -0.39 is 108 Å². The Hall–Kier alpha value is -3.46. The molecule has 4 aliphatic heterocycles. The molecule has 246 valence electrons. The van der Waals surface area contributed by atoms with Crippen LogP contribution >= 0.6 is 0 Å². The fourth-order valence-corrected chi connectivity index (χ4v) is 3.14. The van der Waals surface area contributed by atoms with Crippen molar-refractivity contribution in [1.82, 2.24) is 30.8 Å². The zero-order valence-electron chi connectivity index (χ0n) is 50.6. The Kier molecular flexibility index (Phi) is 9.06. The first-order valence-electron chi connectivity index (χ1n) is 27.1. The lowest BCUT2D eigenvalue weighted by Crippen LogP contribution is -2.39. The largest absolute Gasteiger partial charge is 0.317 e. The van der Waals surface area contributed by atoms with Crippen LogP contribution in [0.5, 0.6) is 0 Å². The molecule has 2 unspecified atom stereocenters. The summed E-state index contributed by atoms with van der Waals surface area (Å²) in [4.78, 5) is 31.4. The fourth-order valence-electron chi connectivity index (χ4n) is 3.14. The Morgan fingerprint density at radius 3 is 1.78 bits per heavy atom. The molecular weight excluding hydrogens is 560 g/mol. The summed E-state index contributed by atoms with van der Waals surface area (Å²) in [5.74, 6) is -0.0924. The lowest BCUT2D eigenvalue weighted by Gasteiger charge is -2.24. The molecule has 6 heterocycles.